The van der Waals surface area contributed by atoms with Gasteiger partial charge in [-0.3, -0.25) is 0 Å². The molecule has 1 fully saturated rings. The van der Waals surface area contributed by atoms with E-state index < -0.39 is 0 Å². The minimum Gasteiger partial charge on any atom is -0.391 e. The maximum atomic E-state index is 10.7. The van der Waals surface area contributed by atoms with Crippen molar-refractivity contribution in [2.75, 3.05) is 14.1 Å². The summed E-state index contributed by atoms with van der Waals surface area (Å²) in [7, 11) is 4.30. The van der Waals surface area contributed by atoms with E-state index in [1.807, 2.05) is 0 Å². The molecule has 0 amide bonds. The van der Waals surface area contributed by atoms with Crippen molar-refractivity contribution < 1.29 is 5.11 Å². The van der Waals surface area contributed by atoms with Crippen LogP contribution in [0.15, 0.2) is 0 Å². The van der Waals surface area contributed by atoms with E-state index in [4.69, 9.17) is 0 Å². The number of unbranched alkanes of at least 4 members (excludes halogenated alkanes) is 6. The third-order valence-corrected chi connectivity index (χ3v) is 5.31. The molecular weight excluding hydrogens is 246 g/mol. The van der Waals surface area contributed by atoms with Crippen molar-refractivity contribution in [1.82, 2.24) is 4.90 Å². The van der Waals surface area contributed by atoms with E-state index in [1.165, 1.54) is 77.0 Å². The molecule has 120 valence electrons. The molecular formula is C18H37NO. The molecule has 1 aliphatic rings. The van der Waals surface area contributed by atoms with Crippen LogP contribution in [0.25, 0.3) is 0 Å². The van der Waals surface area contributed by atoms with Gasteiger partial charge in [0.1, 0.15) is 0 Å². The molecule has 0 aromatic rings. The normalized spacial score (nSPS) is 20.2. The molecule has 0 aromatic carbocycles. The van der Waals surface area contributed by atoms with Crippen molar-refractivity contribution in [3.8, 4) is 0 Å². The molecule has 2 heteroatoms. The van der Waals surface area contributed by atoms with Gasteiger partial charge in [-0.1, -0.05) is 71.1 Å². The van der Waals surface area contributed by atoms with Gasteiger partial charge in [-0.2, -0.15) is 0 Å². The Morgan fingerprint density at radius 3 is 2.00 bits per heavy atom. The molecule has 0 saturated heterocycles. The molecule has 20 heavy (non-hydrogen) atoms. The maximum absolute atomic E-state index is 10.7. The molecule has 0 heterocycles. The fourth-order valence-corrected chi connectivity index (χ4v) is 3.81. The average molecular weight is 284 g/mol. The van der Waals surface area contributed by atoms with Crippen LogP contribution in [0, 0.1) is 0 Å². The van der Waals surface area contributed by atoms with Crippen LogP contribution in [-0.2, 0) is 0 Å². The van der Waals surface area contributed by atoms with E-state index in [2.05, 4.69) is 25.9 Å². The number of aliphatic hydroxyl groups excluding tert-OH is 1. The van der Waals surface area contributed by atoms with E-state index >= 15 is 0 Å². The highest BCUT2D eigenvalue weighted by Crippen LogP contribution is 2.36. The minimum absolute atomic E-state index is 0.0699. The lowest BCUT2D eigenvalue weighted by atomic mass is 9.75. The molecule has 0 aromatic heterocycles. The van der Waals surface area contributed by atoms with Gasteiger partial charge in [0.2, 0.25) is 0 Å². The van der Waals surface area contributed by atoms with E-state index in [-0.39, 0.29) is 11.6 Å². The third kappa shape index (κ3) is 5.37. The lowest BCUT2D eigenvalue weighted by Gasteiger charge is -2.46. The number of rotatable bonds is 10. The van der Waals surface area contributed by atoms with Crippen molar-refractivity contribution in [3.05, 3.63) is 0 Å². The number of nitrogens with zero attached hydrogens (tertiary/aromatic N) is 1. The Morgan fingerprint density at radius 1 is 0.900 bits per heavy atom. The van der Waals surface area contributed by atoms with Gasteiger partial charge in [0.05, 0.1) is 6.10 Å². The van der Waals surface area contributed by atoms with Crippen LogP contribution < -0.4 is 0 Å². The summed E-state index contributed by atoms with van der Waals surface area (Å²) in [4.78, 5) is 2.30. The summed E-state index contributed by atoms with van der Waals surface area (Å²) in [6.07, 6.45) is 16.4. The first-order chi connectivity index (χ1) is 9.63. The molecule has 0 bridgehead atoms. The Bertz CT molecular complexity index is 234. The van der Waals surface area contributed by atoms with Crippen molar-refractivity contribution in [1.29, 1.82) is 0 Å². The highest BCUT2D eigenvalue weighted by atomic mass is 16.3. The molecule has 1 aliphatic carbocycles. The number of aliphatic hydroxyl groups is 1. The zero-order valence-corrected chi connectivity index (χ0v) is 14.2. The first-order valence-electron chi connectivity index (χ1n) is 8.99. The van der Waals surface area contributed by atoms with Crippen LogP contribution in [0.2, 0.25) is 0 Å². The van der Waals surface area contributed by atoms with Gasteiger partial charge in [-0.25, -0.2) is 0 Å². The van der Waals surface area contributed by atoms with Gasteiger partial charge < -0.3 is 10.0 Å². The predicted molar refractivity (Wildman–Crippen MR) is 88.1 cm³/mol. The van der Waals surface area contributed by atoms with Crippen LogP contribution in [0.5, 0.6) is 0 Å². The summed E-state index contributed by atoms with van der Waals surface area (Å²) in [6, 6.07) is 0. The zero-order chi connectivity index (χ0) is 14.8. The second kappa shape index (κ2) is 9.78. The maximum Gasteiger partial charge on any atom is 0.0723 e. The Labute approximate surface area is 126 Å². The summed E-state index contributed by atoms with van der Waals surface area (Å²) < 4.78 is 0. The molecule has 1 unspecified atom stereocenters. The summed E-state index contributed by atoms with van der Waals surface area (Å²) in [6.45, 7) is 2.27. The van der Waals surface area contributed by atoms with E-state index in [0.29, 0.717) is 0 Å². The molecule has 1 atom stereocenters. The molecule has 2 nitrogen and oxygen atoms in total. The lowest BCUT2D eigenvalue weighted by Crippen LogP contribution is -2.54. The topological polar surface area (TPSA) is 23.5 Å². The van der Waals surface area contributed by atoms with Gasteiger partial charge >= 0.3 is 0 Å². The van der Waals surface area contributed by atoms with Crippen molar-refractivity contribution in [2.45, 2.75) is 102 Å². The first kappa shape index (κ1) is 18.0. The molecule has 0 radical (unpaired) electrons. The Balaban J connectivity index is 2.23. The highest BCUT2D eigenvalue weighted by Gasteiger charge is 2.40. The third-order valence-electron chi connectivity index (χ3n) is 5.31. The zero-order valence-electron chi connectivity index (χ0n) is 14.2. The minimum atomic E-state index is -0.131. The van der Waals surface area contributed by atoms with Gasteiger partial charge in [0.15, 0.2) is 0 Å². The largest absolute Gasteiger partial charge is 0.391 e. The standard InChI is InChI=1S/C18H37NO/c1-4-5-6-7-8-9-11-14-17(20)18(19(2)3)15-12-10-13-16-18/h17,20H,4-16H2,1-3H3. The molecule has 0 aliphatic heterocycles. The van der Waals surface area contributed by atoms with Crippen LogP contribution in [-0.4, -0.2) is 35.7 Å². The van der Waals surface area contributed by atoms with Crippen LogP contribution >= 0.6 is 0 Å². The molecule has 1 N–H and O–H groups in total. The van der Waals surface area contributed by atoms with Crippen molar-refractivity contribution >= 4 is 0 Å². The summed E-state index contributed by atoms with van der Waals surface area (Å²) in [5.41, 5.74) is 0.0699. The lowest BCUT2D eigenvalue weighted by molar-refractivity contribution is -0.0366. The molecule has 0 spiro atoms. The van der Waals surface area contributed by atoms with Gasteiger partial charge in [0, 0.05) is 5.54 Å². The van der Waals surface area contributed by atoms with E-state index in [1.54, 1.807) is 0 Å². The quantitative estimate of drug-likeness (QED) is 0.585. The summed E-state index contributed by atoms with van der Waals surface area (Å²) >= 11 is 0. The predicted octanol–water partition coefficient (Wildman–Crippen LogP) is 4.75. The number of hydrogen-bond acceptors (Lipinski definition) is 2. The summed E-state index contributed by atoms with van der Waals surface area (Å²) in [5, 5.41) is 10.7. The first-order valence-corrected chi connectivity index (χ1v) is 8.99. The second-order valence-corrected chi connectivity index (χ2v) is 6.98. The van der Waals surface area contributed by atoms with Crippen molar-refractivity contribution in [2.24, 2.45) is 0 Å². The highest BCUT2D eigenvalue weighted by molar-refractivity contribution is 4.96. The van der Waals surface area contributed by atoms with E-state index in [0.717, 1.165) is 6.42 Å². The van der Waals surface area contributed by atoms with Gasteiger partial charge in [0.25, 0.3) is 0 Å². The van der Waals surface area contributed by atoms with Crippen molar-refractivity contribution in [3.63, 3.8) is 0 Å². The fraction of sp³-hybridized carbons (Fsp3) is 1.00. The Kier molecular flexibility index (Phi) is 8.79. The summed E-state index contributed by atoms with van der Waals surface area (Å²) in [5.74, 6) is 0. The van der Waals surface area contributed by atoms with Gasteiger partial charge in [-0.15, -0.1) is 0 Å². The van der Waals surface area contributed by atoms with Crippen LogP contribution in [0.4, 0.5) is 0 Å². The second-order valence-electron chi connectivity index (χ2n) is 6.98. The average Bonchev–Trinajstić information content (AvgIpc) is 2.46. The van der Waals surface area contributed by atoms with E-state index in [9.17, 15) is 5.11 Å². The smallest absolute Gasteiger partial charge is 0.0723 e. The van der Waals surface area contributed by atoms with Crippen LogP contribution in [0.1, 0.15) is 90.4 Å². The fourth-order valence-electron chi connectivity index (χ4n) is 3.81. The number of hydrogen-bond donors (Lipinski definition) is 1. The van der Waals surface area contributed by atoms with Crippen LogP contribution in [0.3, 0.4) is 0 Å². The monoisotopic (exact) mass is 283 g/mol. The Hall–Kier alpha value is -0.0800. The molecule has 1 saturated carbocycles. The SMILES string of the molecule is CCCCCCCCCC(O)C1(N(C)C)CCCCC1. The Morgan fingerprint density at radius 2 is 1.45 bits per heavy atom. The number of likely N-dealkylation sites (N-methyl/N-ethyl adjacent to an activating group) is 1. The molecule has 1 rings (SSSR count). The van der Waals surface area contributed by atoms with Gasteiger partial charge in [-0.05, 0) is 33.4 Å².